The number of nitrogens with zero attached hydrogens (tertiary/aromatic N) is 9. The maximum absolute atomic E-state index is 6.09. The van der Waals surface area contributed by atoms with Crippen LogP contribution in [0.2, 0.25) is 5.02 Å². The fourth-order valence-corrected chi connectivity index (χ4v) is 3.67. The SMILES string of the molecule is Cn1cc2c(n1)CCN(c1nnc(Cn3nccn3)n1-c1ccc(Cl)cc1)C2. The average molecular weight is 396 g/mol. The van der Waals surface area contributed by atoms with Crippen molar-refractivity contribution in [3.8, 4) is 5.69 Å². The molecule has 10 heteroatoms. The van der Waals surface area contributed by atoms with Crippen LogP contribution < -0.4 is 4.90 Å². The minimum Gasteiger partial charge on any atom is -0.336 e. The van der Waals surface area contributed by atoms with Gasteiger partial charge in [-0.15, -0.1) is 10.2 Å². The highest BCUT2D eigenvalue weighted by Crippen LogP contribution is 2.26. The fraction of sp³-hybridized carbons (Fsp3) is 0.278. The first-order chi connectivity index (χ1) is 13.7. The third kappa shape index (κ3) is 3.03. The molecule has 1 aromatic carbocycles. The molecule has 0 unspecified atom stereocenters. The van der Waals surface area contributed by atoms with Gasteiger partial charge >= 0.3 is 0 Å². The lowest BCUT2D eigenvalue weighted by Gasteiger charge is -2.27. The first-order valence-electron chi connectivity index (χ1n) is 8.98. The lowest BCUT2D eigenvalue weighted by atomic mass is 10.1. The fourth-order valence-electron chi connectivity index (χ4n) is 3.54. The molecule has 142 valence electrons. The van der Waals surface area contributed by atoms with Gasteiger partial charge in [-0.25, -0.2) is 0 Å². The number of aryl methyl sites for hydroxylation is 1. The summed E-state index contributed by atoms with van der Waals surface area (Å²) in [6.07, 6.45) is 6.25. The van der Waals surface area contributed by atoms with Gasteiger partial charge in [0.25, 0.3) is 0 Å². The van der Waals surface area contributed by atoms with E-state index < -0.39 is 0 Å². The van der Waals surface area contributed by atoms with Crippen LogP contribution in [-0.4, -0.2) is 46.1 Å². The number of aromatic nitrogens is 8. The summed E-state index contributed by atoms with van der Waals surface area (Å²) in [5.41, 5.74) is 3.32. The molecule has 4 aromatic rings. The molecule has 28 heavy (non-hydrogen) atoms. The molecule has 4 heterocycles. The molecule has 0 radical (unpaired) electrons. The first-order valence-corrected chi connectivity index (χ1v) is 9.36. The third-order valence-corrected chi connectivity index (χ3v) is 5.05. The molecule has 0 aliphatic carbocycles. The number of anilines is 1. The molecule has 5 rings (SSSR count). The monoisotopic (exact) mass is 395 g/mol. The molecule has 1 aliphatic rings. The van der Waals surface area contributed by atoms with Gasteiger partial charge in [-0.1, -0.05) is 11.6 Å². The molecular formula is C18H18ClN9. The van der Waals surface area contributed by atoms with Crippen LogP contribution in [0.3, 0.4) is 0 Å². The second-order valence-corrected chi connectivity index (χ2v) is 7.17. The lowest BCUT2D eigenvalue weighted by molar-refractivity contribution is 0.563. The van der Waals surface area contributed by atoms with Crippen molar-refractivity contribution in [2.75, 3.05) is 11.4 Å². The Kier molecular flexibility index (Phi) is 4.09. The Bertz CT molecular complexity index is 1090. The largest absolute Gasteiger partial charge is 0.336 e. The summed E-state index contributed by atoms with van der Waals surface area (Å²) in [4.78, 5) is 3.82. The zero-order valence-corrected chi connectivity index (χ0v) is 16.0. The molecule has 3 aromatic heterocycles. The van der Waals surface area contributed by atoms with Crippen molar-refractivity contribution in [2.24, 2.45) is 7.05 Å². The van der Waals surface area contributed by atoms with Gasteiger partial charge in [-0.2, -0.15) is 20.1 Å². The van der Waals surface area contributed by atoms with E-state index in [0.29, 0.717) is 11.6 Å². The summed E-state index contributed by atoms with van der Waals surface area (Å²) in [6.45, 7) is 2.00. The Balaban J connectivity index is 1.56. The molecule has 9 nitrogen and oxygen atoms in total. The Morgan fingerprint density at radius 1 is 1.07 bits per heavy atom. The maximum Gasteiger partial charge on any atom is 0.232 e. The predicted molar refractivity (Wildman–Crippen MR) is 103 cm³/mol. The minimum absolute atomic E-state index is 0.425. The third-order valence-electron chi connectivity index (χ3n) is 4.80. The van der Waals surface area contributed by atoms with E-state index in [1.807, 2.05) is 40.6 Å². The van der Waals surface area contributed by atoms with Crippen LogP contribution in [-0.2, 0) is 26.6 Å². The van der Waals surface area contributed by atoms with E-state index in [2.05, 4.69) is 36.6 Å². The van der Waals surface area contributed by atoms with Gasteiger partial charge in [0, 0.05) is 43.3 Å². The molecule has 0 amide bonds. The molecule has 1 aliphatic heterocycles. The summed E-state index contributed by atoms with van der Waals surface area (Å²) in [6, 6.07) is 7.67. The van der Waals surface area contributed by atoms with Crippen molar-refractivity contribution in [1.29, 1.82) is 0 Å². The van der Waals surface area contributed by atoms with Crippen molar-refractivity contribution >= 4 is 17.5 Å². The Morgan fingerprint density at radius 2 is 1.86 bits per heavy atom. The molecule has 0 spiro atoms. The van der Waals surface area contributed by atoms with Crippen molar-refractivity contribution in [2.45, 2.75) is 19.5 Å². The van der Waals surface area contributed by atoms with E-state index in [0.717, 1.165) is 42.7 Å². The Hall–Kier alpha value is -3.20. The van der Waals surface area contributed by atoms with E-state index in [1.54, 1.807) is 17.2 Å². The highest BCUT2D eigenvalue weighted by atomic mass is 35.5. The van der Waals surface area contributed by atoms with Crippen LogP contribution in [0.25, 0.3) is 5.69 Å². The Labute approximate surface area is 166 Å². The molecule has 0 saturated carbocycles. The van der Waals surface area contributed by atoms with E-state index in [-0.39, 0.29) is 0 Å². The zero-order valence-electron chi connectivity index (χ0n) is 15.3. The summed E-state index contributed by atoms with van der Waals surface area (Å²) in [7, 11) is 1.95. The number of hydrogen-bond donors (Lipinski definition) is 0. The van der Waals surface area contributed by atoms with E-state index >= 15 is 0 Å². The van der Waals surface area contributed by atoms with E-state index in [9.17, 15) is 0 Å². The van der Waals surface area contributed by atoms with Gasteiger partial charge in [0.05, 0.1) is 23.8 Å². The van der Waals surface area contributed by atoms with Crippen LogP contribution >= 0.6 is 11.6 Å². The van der Waals surface area contributed by atoms with E-state index in [4.69, 9.17) is 11.6 Å². The van der Waals surface area contributed by atoms with Gasteiger partial charge in [-0.3, -0.25) is 9.25 Å². The highest BCUT2D eigenvalue weighted by molar-refractivity contribution is 6.30. The first kappa shape index (κ1) is 16.9. The van der Waals surface area contributed by atoms with Crippen LogP contribution in [0, 0.1) is 0 Å². The zero-order chi connectivity index (χ0) is 19.1. The van der Waals surface area contributed by atoms with Crippen molar-refractivity contribution in [3.63, 3.8) is 0 Å². The molecular weight excluding hydrogens is 378 g/mol. The second kappa shape index (κ2) is 6.75. The van der Waals surface area contributed by atoms with Gasteiger partial charge in [0.1, 0.15) is 6.54 Å². The van der Waals surface area contributed by atoms with Gasteiger partial charge in [0.2, 0.25) is 5.95 Å². The molecule has 0 bridgehead atoms. The summed E-state index contributed by atoms with van der Waals surface area (Å²) in [5.74, 6) is 1.55. The van der Waals surface area contributed by atoms with Crippen LogP contribution in [0.4, 0.5) is 5.95 Å². The number of halogens is 1. The topological polar surface area (TPSA) is 82.5 Å². The van der Waals surface area contributed by atoms with Gasteiger partial charge < -0.3 is 4.90 Å². The second-order valence-electron chi connectivity index (χ2n) is 6.73. The summed E-state index contributed by atoms with van der Waals surface area (Å²) in [5, 5.41) is 22.6. The van der Waals surface area contributed by atoms with E-state index in [1.165, 1.54) is 5.56 Å². The normalized spacial score (nSPS) is 13.7. The van der Waals surface area contributed by atoms with Gasteiger partial charge in [0.15, 0.2) is 5.82 Å². The average Bonchev–Trinajstić information content (AvgIpc) is 3.41. The highest BCUT2D eigenvalue weighted by Gasteiger charge is 2.25. The number of rotatable bonds is 4. The molecule has 0 N–H and O–H groups in total. The quantitative estimate of drug-likeness (QED) is 0.524. The molecule has 0 atom stereocenters. The molecule has 0 saturated heterocycles. The van der Waals surface area contributed by atoms with Crippen LogP contribution in [0.1, 0.15) is 17.1 Å². The predicted octanol–water partition coefficient (Wildman–Crippen LogP) is 1.86. The minimum atomic E-state index is 0.425. The standard InChI is InChI=1S/C18H18ClN9/c1-25-10-13-11-26(9-6-16(13)24-25)18-23-22-17(12-27-20-7-8-21-27)28(18)15-4-2-14(19)3-5-15/h2-5,7-8,10H,6,9,11-12H2,1H3. The van der Waals surface area contributed by atoms with Gasteiger partial charge in [-0.05, 0) is 24.3 Å². The maximum atomic E-state index is 6.09. The lowest BCUT2D eigenvalue weighted by Crippen LogP contribution is -2.32. The molecule has 0 fully saturated rings. The van der Waals surface area contributed by atoms with Crippen molar-refractivity contribution in [1.82, 2.24) is 39.5 Å². The van der Waals surface area contributed by atoms with Crippen molar-refractivity contribution < 1.29 is 0 Å². The number of hydrogen-bond acceptors (Lipinski definition) is 6. The van der Waals surface area contributed by atoms with Crippen LogP contribution in [0.5, 0.6) is 0 Å². The number of benzene rings is 1. The summed E-state index contributed by atoms with van der Waals surface area (Å²) >= 11 is 6.09. The smallest absolute Gasteiger partial charge is 0.232 e. The summed E-state index contributed by atoms with van der Waals surface area (Å²) < 4.78 is 3.91. The van der Waals surface area contributed by atoms with Crippen molar-refractivity contribution in [3.05, 3.63) is 65.0 Å². The Morgan fingerprint density at radius 3 is 2.64 bits per heavy atom. The van der Waals surface area contributed by atoms with Crippen LogP contribution in [0.15, 0.2) is 42.9 Å². The number of fused-ring (bicyclic) bond motifs is 1.